The summed E-state index contributed by atoms with van der Waals surface area (Å²) < 4.78 is 0. The highest BCUT2D eigenvalue weighted by molar-refractivity contribution is 5.64. The van der Waals surface area contributed by atoms with Crippen molar-refractivity contribution in [1.82, 2.24) is 0 Å². The summed E-state index contributed by atoms with van der Waals surface area (Å²) in [5, 5.41) is 10.4. The zero-order chi connectivity index (χ0) is 12.8. The normalized spacial score (nSPS) is 23.8. The SMILES string of the molecule is O=C([O-])CC[NH+]1CC[NH+](Cc2ccccc2)CC1. The van der Waals surface area contributed by atoms with Crippen LogP contribution in [0.15, 0.2) is 30.3 Å². The summed E-state index contributed by atoms with van der Waals surface area (Å²) in [6, 6.07) is 10.5. The fourth-order valence-corrected chi connectivity index (χ4v) is 2.55. The number of quaternary nitrogens is 2. The van der Waals surface area contributed by atoms with E-state index in [0.717, 1.165) is 32.7 Å². The van der Waals surface area contributed by atoms with Gasteiger partial charge >= 0.3 is 0 Å². The van der Waals surface area contributed by atoms with Gasteiger partial charge in [0.05, 0.1) is 6.54 Å². The Morgan fingerprint density at radius 1 is 1.06 bits per heavy atom. The Morgan fingerprint density at radius 2 is 1.67 bits per heavy atom. The topological polar surface area (TPSA) is 49.0 Å². The highest BCUT2D eigenvalue weighted by Gasteiger charge is 2.22. The quantitative estimate of drug-likeness (QED) is 0.588. The van der Waals surface area contributed by atoms with Gasteiger partial charge in [-0.25, -0.2) is 0 Å². The number of carbonyl (C=O) groups is 1. The van der Waals surface area contributed by atoms with Gasteiger partial charge in [0.1, 0.15) is 32.7 Å². The summed E-state index contributed by atoms with van der Waals surface area (Å²) in [7, 11) is 0. The molecule has 4 heteroatoms. The van der Waals surface area contributed by atoms with Crippen molar-refractivity contribution in [2.24, 2.45) is 0 Å². The first-order chi connectivity index (χ1) is 8.74. The molecule has 1 aliphatic heterocycles. The minimum atomic E-state index is -0.929. The fraction of sp³-hybridized carbons (Fsp3) is 0.500. The number of benzene rings is 1. The Bertz CT molecular complexity index is 373. The van der Waals surface area contributed by atoms with Crippen LogP contribution in [0.25, 0.3) is 0 Å². The van der Waals surface area contributed by atoms with Crippen LogP contribution in [0.3, 0.4) is 0 Å². The molecular weight excluding hydrogens is 228 g/mol. The number of carbonyl (C=O) groups excluding carboxylic acids is 1. The molecule has 1 aliphatic rings. The van der Waals surface area contributed by atoms with E-state index in [1.165, 1.54) is 10.5 Å². The summed E-state index contributed by atoms with van der Waals surface area (Å²) in [6.45, 7) is 6.16. The van der Waals surface area contributed by atoms with Gasteiger partial charge < -0.3 is 19.7 Å². The van der Waals surface area contributed by atoms with Crippen LogP contribution < -0.4 is 14.9 Å². The van der Waals surface area contributed by atoms with E-state index in [0.29, 0.717) is 6.54 Å². The zero-order valence-electron chi connectivity index (χ0n) is 10.7. The maximum absolute atomic E-state index is 10.4. The minimum absolute atomic E-state index is 0.184. The molecule has 0 amide bonds. The maximum atomic E-state index is 10.4. The van der Waals surface area contributed by atoms with Crippen LogP contribution in [-0.2, 0) is 11.3 Å². The van der Waals surface area contributed by atoms with Gasteiger partial charge in [0.15, 0.2) is 0 Å². The van der Waals surface area contributed by atoms with E-state index < -0.39 is 5.97 Å². The first-order valence-corrected chi connectivity index (χ1v) is 6.65. The first-order valence-electron chi connectivity index (χ1n) is 6.65. The molecule has 4 nitrogen and oxygen atoms in total. The Morgan fingerprint density at radius 3 is 2.28 bits per heavy atom. The van der Waals surface area contributed by atoms with Gasteiger partial charge in [-0.2, -0.15) is 0 Å². The van der Waals surface area contributed by atoms with Gasteiger partial charge in [0.25, 0.3) is 0 Å². The van der Waals surface area contributed by atoms with Crippen LogP contribution in [0.1, 0.15) is 12.0 Å². The number of hydrogen-bond donors (Lipinski definition) is 2. The van der Waals surface area contributed by atoms with Crippen molar-refractivity contribution in [3.8, 4) is 0 Å². The average Bonchev–Trinajstić information content (AvgIpc) is 2.39. The van der Waals surface area contributed by atoms with Crippen LogP contribution in [-0.4, -0.2) is 38.7 Å². The smallest absolute Gasteiger partial charge is 0.127 e. The number of aliphatic carboxylic acids is 1. The maximum Gasteiger partial charge on any atom is 0.127 e. The van der Waals surface area contributed by atoms with E-state index in [1.54, 1.807) is 4.90 Å². The highest BCUT2D eigenvalue weighted by Crippen LogP contribution is 1.95. The lowest BCUT2D eigenvalue weighted by Crippen LogP contribution is -3.27. The van der Waals surface area contributed by atoms with E-state index in [4.69, 9.17) is 0 Å². The minimum Gasteiger partial charge on any atom is -0.550 e. The van der Waals surface area contributed by atoms with Gasteiger partial charge in [-0.3, -0.25) is 0 Å². The van der Waals surface area contributed by atoms with Crippen molar-refractivity contribution in [2.75, 3.05) is 32.7 Å². The molecule has 0 saturated carbocycles. The van der Waals surface area contributed by atoms with E-state index in [1.807, 2.05) is 6.07 Å². The summed E-state index contributed by atoms with van der Waals surface area (Å²) in [6.07, 6.45) is 0.184. The largest absolute Gasteiger partial charge is 0.550 e. The Labute approximate surface area is 108 Å². The lowest BCUT2D eigenvalue weighted by molar-refractivity contribution is -1.02. The van der Waals surface area contributed by atoms with Crippen LogP contribution in [0.2, 0.25) is 0 Å². The van der Waals surface area contributed by atoms with Gasteiger partial charge in [0, 0.05) is 18.0 Å². The van der Waals surface area contributed by atoms with Crippen LogP contribution in [0.4, 0.5) is 0 Å². The predicted octanol–water partition coefficient (Wildman–Crippen LogP) is -2.89. The molecule has 1 saturated heterocycles. The molecule has 0 aromatic heterocycles. The molecule has 1 heterocycles. The number of carboxylic acid groups (broad SMARTS) is 1. The standard InChI is InChI=1S/C14H20N2O2/c17-14(18)6-7-15-8-10-16(11-9-15)12-13-4-2-1-3-5-13/h1-5H,6-12H2,(H,17,18)/p+1. The molecule has 2 rings (SSSR count). The Kier molecular flexibility index (Phi) is 4.73. The van der Waals surface area contributed by atoms with Crippen molar-refractivity contribution >= 4 is 5.97 Å². The summed E-state index contributed by atoms with van der Waals surface area (Å²) in [5.41, 5.74) is 1.38. The first kappa shape index (κ1) is 13.1. The second kappa shape index (κ2) is 6.52. The summed E-state index contributed by atoms with van der Waals surface area (Å²) in [4.78, 5) is 13.4. The molecule has 1 fully saturated rings. The third-order valence-electron chi connectivity index (χ3n) is 3.64. The molecule has 0 bridgehead atoms. The molecule has 1 aromatic carbocycles. The van der Waals surface area contributed by atoms with E-state index in [-0.39, 0.29) is 6.42 Å². The predicted molar refractivity (Wildman–Crippen MR) is 66.0 cm³/mol. The molecule has 98 valence electrons. The average molecular weight is 249 g/mol. The molecule has 0 aliphatic carbocycles. The molecule has 2 N–H and O–H groups in total. The molecule has 0 radical (unpaired) electrons. The number of nitrogens with one attached hydrogen (secondary N) is 2. The molecule has 0 spiro atoms. The summed E-state index contributed by atoms with van der Waals surface area (Å²) in [5.74, 6) is -0.929. The zero-order valence-corrected chi connectivity index (χ0v) is 10.7. The molecule has 0 atom stereocenters. The van der Waals surface area contributed by atoms with E-state index >= 15 is 0 Å². The number of carboxylic acids is 1. The number of hydrogen-bond acceptors (Lipinski definition) is 2. The van der Waals surface area contributed by atoms with Gasteiger partial charge in [0.2, 0.25) is 0 Å². The van der Waals surface area contributed by atoms with Crippen molar-refractivity contribution in [3.63, 3.8) is 0 Å². The Hall–Kier alpha value is -1.39. The van der Waals surface area contributed by atoms with Crippen molar-refractivity contribution in [2.45, 2.75) is 13.0 Å². The van der Waals surface area contributed by atoms with Gasteiger partial charge in [-0.1, -0.05) is 30.3 Å². The lowest BCUT2D eigenvalue weighted by Gasteiger charge is -2.29. The van der Waals surface area contributed by atoms with Crippen molar-refractivity contribution in [3.05, 3.63) is 35.9 Å². The second-order valence-electron chi connectivity index (χ2n) is 5.03. The second-order valence-corrected chi connectivity index (χ2v) is 5.03. The third-order valence-corrected chi connectivity index (χ3v) is 3.64. The third kappa shape index (κ3) is 4.13. The van der Waals surface area contributed by atoms with E-state index in [9.17, 15) is 9.90 Å². The molecular formula is C14H21N2O2+. The number of piperazine rings is 1. The van der Waals surface area contributed by atoms with Gasteiger partial charge in [-0.15, -0.1) is 0 Å². The molecule has 1 aromatic rings. The van der Waals surface area contributed by atoms with Crippen molar-refractivity contribution in [1.29, 1.82) is 0 Å². The van der Waals surface area contributed by atoms with Crippen LogP contribution in [0.5, 0.6) is 0 Å². The monoisotopic (exact) mass is 249 g/mol. The highest BCUT2D eigenvalue weighted by atomic mass is 16.4. The molecule has 0 unspecified atom stereocenters. The van der Waals surface area contributed by atoms with E-state index in [2.05, 4.69) is 24.3 Å². The van der Waals surface area contributed by atoms with Crippen molar-refractivity contribution < 1.29 is 19.7 Å². The van der Waals surface area contributed by atoms with Gasteiger partial charge in [-0.05, 0) is 0 Å². The van der Waals surface area contributed by atoms with Crippen LogP contribution >= 0.6 is 0 Å². The van der Waals surface area contributed by atoms with Crippen LogP contribution in [0, 0.1) is 0 Å². The lowest BCUT2D eigenvalue weighted by atomic mass is 10.2. The Balaban J connectivity index is 1.72. The summed E-state index contributed by atoms with van der Waals surface area (Å²) >= 11 is 0. The number of rotatable bonds is 5. The molecule has 18 heavy (non-hydrogen) atoms. The fourth-order valence-electron chi connectivity index (χ4n) is 2.55.